The number of carboxylic acid groups (broad SMARTS) is 1. The Kier molecular flexibility index (Phi) is 4.02. The van der Waals surface area contributed by atoms with Gasteiger partial charge in [-0.3, -0.25) is 15.0 Å². The molecule has 2 atom stereocenters. The van der Waals surface area contributed by atoms with E-state index in [-0.39, 0.29) is 0 Å². The van der Waals surface area contributed by atoms with E-state index in [4.69, 9.17) is 4.74 Å². The zero-order valence-corrected chi connectivity index (χ0v) is 12.3. The maximum atomic E-state index is 12.0. The van der Waals surface area contributed by atoms with Crippen LogP contribution >= 0.6 is 0 Å². The molecule has 0 bridgehead atoms. The average molecular weight is 282 g/mol. The molecule has 2 N–H and O–H groups in total. The van der Waals surface area contributed by atoms with Crippen molar-refractivity contribution in [2.45, 2.75) is 56.7 Å². The van der Waals surface area contributed by atoms with Gasteiger partial charge < -0.3 is 9.84 Å². The Morgan fingerprint density at radius 2 is 2.15 bits per heavy atom. The standard InChI is InChI=1S/C15H26N2O3/c1-2-13-9-20-8-7-17(13)10-15(14(18)19,11-3-4-11)16-12-5-6-12/h11-13,16H,2-10H2,1H3,(H,18,19). The van der Waals surface area contributed by atoms with Gasteiger partial charge in [-0.05, 0) is 38.0 Å². The van der Waals surface area contributed by atoms with Crippen LogP contribution in [-0.4, -0.2) is 59.9 Å². The summed E-state index contributed by atoms with van der Waals surface area (Å²) in [5.74, 6) is -0.353. The third kappa shape index (κ3) is 2.85. The van der Waals surface area contributed by atoms with Crippen LogP contribution in [0.5, 0.6) is 0 Å². The first-order valence-corrected chi connectivity index (χ1v) is 7.98. The summed E-state index contributed by atoms with van der Waals surface area (Å²) in [4.78, 5) is 14.4. The molecule has 5 nitrogen and oxygen atoms in total. The van der Waals surface area contributed by atoms with Gasteiger partial charge in [0.15, 0.2) is 0 Å². The van der Waals surface area contributed by atoms with Gasteiger partial charge in [-0.2, -0.15) is 0 Å². The highest BCUT2D eigenvalue weighted by molar-refractivity contribution is 5.80. The van der Waals surface area contributed by atoms with Gasteiger partial charge in [-0.15, -0.1) is 0 Å². The fourth-order valence-electron chi connectivity index (χ4n) is 3.36. The molecule has 20 heavy (non-hydrogen) atoms. The summed E-state index contributed by atoms with van der Waals surface area (Å²) in [5, 5.41) is 13.4. The Morgan fingerprint density at radius 3 is 2.70 bits per heavy atom. The number of carbonyl (C=O) groups is 1. The van der Waals surface area contributed by atoms with Crippen LogP contribution in [0.1, 0.15) is 39.0 Å². The smallest absolute Gasteiger partial charge is 0.325 e. The van der Waals surface area contributed by atoms with Crippen molar-refractivity contribution in [2.75, 3.05) is 26.3 Å². The molecule has 3 fully saturated rings. The Bertz CT molecular complexity index is 368. The van der Waals surface area contributed by atoms with Gasteiger partial charge in [0.05, 0.1) is 13.2 Å². The molecule has 0 aromatic heterocycles. The Hall–Kier alpha value is -0.650. The molecule has 1 heterocycles. The fraction of sp³-hybridized carbons (Fsp3) is 0.933. The van der Waals surface area contributed by atoms with Crippen LogP contribution in [0, 0.1) is 5.92 Å². The van der Waals surface area contributed by atoms with Crippen LogP contribution in [0.2, 0.25) is 0 Å². The van der Waals surface area contributed by atoms with E-state index in [0.29, 0.717) is 24.5 Å². The van der Waals surface area contributed by atoms with Crippen molar-refractivity contribution in [1.29, 1.82) is 0 Å². The van der Waals surface area contributed by atoms with Gasteiger partial charge in [-0.25, -0.2) is 0 Å². The van der Waals surface area contributed by atoms with E-state index in [1.165, 1.54) is 0 Å². The molecular weight excluding hydrogens is 256 g/mol. The average Bonchev–Trinajstić information content (AvgIpc) is 3.30. The molecule has 2 aliphatic carbocycles. The number of aliphatic carboxylic acids is 1. The van der Waals surface area contributed by atoms with Gasteiger partial charge in [0.1, 0.15) is 5.54 Å². The minimum absolute atomic E-state index is 0.306. The van der Waals surface area contributed by atoms with Gasteiger partial charge in [0, 0.05) is 25.2 Å². The third-order valence-corrected chi connectivity index (χ3v) is 4.97. The normalized spacial score (nSPS) is 30.9. The minimum atomic E-state index is -0.730. The first-order valence-electron chi connectivity index (χ1n) is 7.98. The Labute approximate surface area is 120 Å². The number of nitrogens with one attached hydrogen (secondary N) is 1. The van der Waals surface area contributed by atoms with Crippen molar-refractivity contribution in [3.05, 3.63) is 0 Å². The lowest BCUT2D eigenvalue weighted by molar-refractivity contribution is -0.148. The largest absolute Gasteiger partial charge is 0.480 e. The number of morpholine rings is 1. The number of rotatable bonds is 7. The zero-order chi connectivity index (χ0) is 14.2. The minimum Gasteiger partial charge on any atom is -0.480 e. The van der Waals surface area contributed by atoms with Crippen molar-refractivity contribution >= 4 is 5.97 Å². The van der Waals surface area contributed by atoms with Gasteiger partial charge in [0.2, 0.25) is 0 Å². The maximum Gasteiger partial charge on any atom is 0.325 e. The van der Waals surface area contributed by atoms with E-state index in [2.05, 4.69) is 17.1 Å². The van der Waals surface area contributed by atoms with E-state index in [9.17, 15) is 9.90 Å². The van der Waals surface area contributed by atoms with Crippen molar-refractivity contribution in [2.24, 2.45) is 5.92 Å². The maximum absolute atomic E-state index is 12.0. The number of hydrogen-bond acceptors (Lipinski definition) is 4. The van der Waals surface area contributed by atoms with Crippen LogP contribution in [-0.2, 0) is 9.53 Å². The molecule has 2 saturated carbocycles. The molecule has 1 saturated heterocycles. The van der Waals surface area contributed by atoms with Crippen molar-refractivity contribution in [3.8, 4) is 0 Å². The van der Waals surface area contributed by atoms with E-state index >= 15 is 0 Å². The summed E-state index contributed by atoms with van der Waals surface area (Å²) in [7, 11) is 0. The highest BCUT2D eigenvalue weighted by Crippen LogP contribution is 2.42. The number of hydrogen-bond donors (Lipinski definition) is 2. The van der Waals surface area contributed by atoms with Crippen LogP contribution in [0.3, 0.4) is 0 Å². The molecule has 3 aliphatic rings. The Morgan fingerprint density at radius 1 is 1.40 bits per heavy atom. The fourth-order valence-corrected chi connectivity index (χ4v) is 3.36. The van der Waals surface area contributed by atoms with Crippen LogP contribution in [0.25, 0.3) is 0 Å². The summed E-state index contributed by atoms with van der Waals surface area (Å²) < 4.78 is 5.54. The molecule has 2 unspecified atom stereocenters. The second-order valence-corrected chi connectivity index (χ2v) is 6.58. The number of carboxylic acids is 1. The lowest BCUT2D eigenvalue weighted by Crippen LogP contribution is -2.64. The lowest BCUT2D eigenvalue weighted by atomic mass is 9.91. The quantitative estimate of drug-likeness (QED) is 0.732. The molecule has 5 heteroatoms. The second-order valence-electron chi connectivity index (χ2n) is 6.58. The van der Waals surface area contributed by atoms with Crippen molar-refractivity contribution in [1.82, 2.24) is 10.2 Å². The summed E-state index contributed by atoms with van der Waals surface area (Å²) in [6.07, 6.45) is 5.37. The lowest BCUT2D eigenvalue weighted by Gasteiger charge is -2.42. The first kappa shape index (κ1) is 14.3. The third-order valence-electron chi connectivity index (χ3n) is 4.97. The van der Waals surface area contributed by atoms with Gasteiger partial charge in [-0.1, -0.05) is 6.92 Å². The summed E-state index contributed by atoms with van der Waals surface area (Å²) >= 11 is 0. The molecule has 1 aliphatic heterocycles. The van der Waals surface area contributed by atoms with Crippen LogP contribution in [0.15, 0.2) is 0 Å². The topological polar surface area (TPSA) is 61.8 Å². The van der Waals surface area contributed by atoms with Crippen molar-refractivity contribution in [3.63, 3.8) is 0 Å². The first-order chi connectivity index (χ1) is 9.65. The predicted octanol–water partition coefficient (Wildman–Crippen LogP) is 1.08. The SMILES string of the molecule is CCC1COCCN1CC(NC1CC1)(C(=O)O)C1CC1. The van der Waals surface area contributed by atoms with Gasteiger partial charge in [0.25, 0.3) is 0 Å². The molecular formula is C15H26N2O3. The van der Waals surface area contributed by atoms with Crippen LogP contribution in [0.4, 0.5) is 0 Å². The monoisotopic (exact) mass is 282 g/mol. The van der Waals surface area contributed by atoms with Crippen LogP contribution < -0.4 is 5.32 Å². The number of nitrogens with zero attached hydrogens (tertiary/aromatic N) is 1. The Balaban J connectivity index is 1.75. The number of ether oxygens (including phenoxy) is 1. The highest BCUT2D eigenvalue weighted by Gasteiger charge is 2.54. The van der Waals surface area contributed by atoms with E-state index < -0.39 is 11.5 Å². The van der Waals surface area contributed by atoms with Crippen molar-refractivity contribution < 1.29 is 14.6 Å². The van der Waals surface area contributed by atoms with E-state index in [1.54, 1.807) is 0 Å². The van der Waals surface area contributed by atoms with E-state index in [0.717, 1.165) is 51.9 Å². The molecule has 114 valence electrons. The summed E-state index contributed by atoms with van der Waals surface area (Å²) in [6.45, 7) is 5.10. The highest BCUT2D eigenvalue weighted by atomic mass is 16.5. The predicted molar refractivity (Wildman–Crippen MR) is 75.7 cm³/mol. The molecule has 3 rings (SSSR count). The second kappa shape index (κ2) is 5.62. The summed E-state index contributed by atoms with van der Waals surface area (Å²) in [6, 6.07) is 0.787. The molecule has 0 amide bonds. The molecule has 0 aromatic rings. The molecule has 0 aromatic carbocycles. The summed E-state index contributed by atoms with van der Waals surface area (Å²) in [5.41, 5.74) is -0.730. The zero-order valence-electron chi connectivity index (χ0n) is 12.3. The van der Waals surface area contributed by atoms with E-state index in [1.807, 2.05) is 0 Å². The van der Waals surface area contributed by atoms with Gasteiger partial charge >= 0.3 is 5.97 Å². The molecule has 0 spiro atoms. The molecule has 0 radical (unpaired) electrons.